The lowest BCUT2D eigenvalue weighted by atomic mass is 10.2. The zero-order chi connectivity index (χ0) is 21.5. The van der Waals surface area contributed by atoms with Crippen LogP contribution in [0.3, 0.4) is 0 Å². The SMILES string of the molecule is [2H]c1nn(C)nc1-c1ccc2nc(-c3cccnc3N)n(-c3ccc(CCl)cc3)c2n1. The van der Waals surface area contributed by atoms with Crippen LogP contribution in [0.4, 0.5) is 5.82 Å². The van der Waals surface area contributed by atoms with E-state index in [2.05, 4.69) is 15.2 Å². The van der Waals surface area contributed by atoms with Gasteiger partial charge in [-0.25, -0.2) is 15.0 Å². The lowest BCUT2D eigenvalue weighted by Gasteiger charge is -2.11. The van der Waals surface area contributed by atoms with Crippen LogP contribution >= 0.6 is 11.6 Å². The predicted octanol–water partition coefficient (Wildman–Crippen LogP) is 3.60. The van der Waals surface area contributed by atoms with Crippen LogP contribution in [-0.2, 0) is 12.9 Å². The van der Waals surface area contributed by atoms with E-state index in [1.54, 1.807) is 19.3 Å². The molecular weight excluding hydrogens is 400 g/mol. The highest BCUT2D eigenvalue weighted by Gasteiger charge is 2.19. The molecule has 0 saturated carbocycles. The van der Waals surface area contributed by atoms with Gasteiger partial charge in [0.25, 0.3) is 0 Å². The van der Waals surface area contributed by atoms with Gasteiger partial charge in [0, 0.05) is 24.8 Å². The van der Waals surface area contributed by atoms with E-state index in [9.17, 15) is 0 Å². The Labute approximate surface area is 178 Å². The van der Waals surface area contributed by atoms with E-state index in [0.29, 0.717) is 45.6 Å². The van der Waals surface area contributed by atoms with Crippen molar-refractivity contribution in [3.8, 4) is 28.5 Å². The number of aromatic nitrogens is 7. The summed E-state index contributed by atoms with van der Waals surface area (Å²) in [4.78, 5) is 15.1. The largest absolute Gasteiger partial charge is 0.383 e. The molecule has 5 rings (SSSR count). The molecule has 0 radical (unpaired) electrons. The number of fused-ring (bicyclic) bond motifs is 1. The van der Waals surface area contributed by atoms with Gasteiger partial charge in [-0.15, -0.1) is 11.6 Å². The van der Waals surface area contributed by atoms with Crippen molar-refractivity contribution in [3.05, 3.63) is 66.5 Å². The normalized spacial score (nSPS) is 11.7. The van der Waals surface area contributed by atoms with E-state index in [1.165, 1.54) is 4.80 Å². The fourth-order valence-electron chi connectivity index (χ4n) is 3.27. The summed E-state index contributed by atoms with van der Waals surface area (Å²) in [5.41, 5.74) is 10.9. The number of hydrogen-bond acceptors (Lipinski definition) is 6. The van der Waals surface area contributed by atoms with Gasteiger partial charge in [0.2, 0.25) is 0 Å². The molecule has 0 spiro atoms. The Bertz CT molecular complexity index is 1410. The fourth-order valence-corrected chi connectivity index (χ4v) is 3.45. The molecule has 0 aliphatic heterocycles. The third-order valence-electron chi connectivity index (χ3n) is 4.72. The van der Waals surface area contributed by atoms with Gasteiger partial charge in [0.1, 0.15) is 17.0 Å². The summed E-state index contributed by atoms with van der Waals surface area (Å²) in [6.45, 7) is 0. The molecule has 0 aliphatic rings. The van der Waals surface area contributed by atoms with Crippen LogP contribution in [0.5, 0.6) is 0 Å². The second kappa shape index (κ2) is 7.23. The molecule has 0 fully saturated rings. The second-order valence-corrected chi connectivity index (χ2v) is 6.96. The Morgan fingerprint density at radius 2 is 1.90 bits per heavy atom. The topological polar surface area (TPSA) is 100 Å². The zero-order valence-electron chi connectivity index (χ0n) is 17.0. The van der Waals surface area contributed by atoms with Gasteiger partial charge in [-0.3, -0.25) is 4.57 Å². The number of hydrogen-bond donors (Lipinski definition) is 1. The summed E-state index contributed by atoms with van der Waals surface area (Å²) in [5, 5.41) is 8.28. The average molecular weight is 418 g/mol. The van der Waals surface area contributed by atoms with E-state index < -0.39 is 0 Å². The van der Waals surface area contributed by atoms with Gasteiger partial charge in [0.05, 0.1) is 18.8 Å². The molecule has 4 aromatic heterocycles. The van der Waals surface area contributed by atoms with Crippen molar-refractivity contribution in [2.75, 3.05) is 5.73 Å². The summed E-state index contributed by atoms with van der Waals surface area (Å²) < 4.78 is 9.99. The van der Waals surface area contributed by atoms with Crippen molar-refractivity contribution in [2.24, 2.45) is 7.05 Å². The number of nitrogen functional groups attached to an aromatic ring is 1. The van der Waals surface area contributed by atoms with Gasteiger partial charge < -0.3 is 5.73 Å². The number of rotatable bonds is 4. The van der Waals surface area contributed by atoms with Crippen LogP contribution in [0.2, 0.25) is 0 Å². The average Bonchev–Trinajstić information content (AvgIpc) is 3.32. The first-order valence-electron chi connectivity index (χ1n) is 9.69. The number of nitrogens with two attached hydrogens (primary N) is 1. The van der Waals surface area contributed by atoms with E-state index in [0.717, 1.165) is 11.3 Å². The first kappa shape index (κ1) is 17.1. The molecule has 0 atom stereocenters. The van der Waals surface area contributed by atoms with Gasteiger partial charge in [-0.1, -0.05) is 12.1 Å². The van der Waals surface area contributed by atoms with Crippen molar-refractivity contribution in [2.45, 2.75) is 5.88 Å². The molecule has 4 heterocycles. The first-order chi connectivity index (χ1) is 15.0. The highest BCUT2D eigenvalue weighted by Crippen LogP contribution is 2.31. The molecule has 0 amide bonds. The number of aryl methyl sites for hydroxylation is 1. The molecule has 0 bridgehead atoms. The minimum absolute atomic E-state index is 0.0589. The third-order valence-corrected chi connectivity index (χ3v) is 5.03. The van der Waals surface area contributed by atoms with Gasteiger partial charge in [-0.2, -0.15) is 15.0 Å². The lowest BCUT2D eigenvalue weighted by molar-refractivity contribution is 0.655. The van der Waals surface area contributed by atoms with Gasteiger partial charge >= 0.3 is 0 Å². The van der Waals surface area contributed by atoms with Crippen LogP contribution in [-0.4, -0.2) is 34.5 Å². The third kappa shape index (κ3) is 3.07. The van der Waals surface area contributed by atoms with Crippen molar-refractivity contribution in [1.82, 2.24) is 34.5 Å². The molecule has 0 saturated heterocycles. The standard InChI is InChI=1S/C21H17ClN8/c1-29-25-12-18(28-29)16-8-9-17-21(26-16)30(14-6-4-13(11-22)5-7-14)20(27-17)15-3-2-10-24-19(15)23/h2-10,12H,11H2,1H3,(H2,23,24)/i12D. The van der Waals surface area contributed by atoms with E-state index in [1.807, 2.05) is 47.0 Å². The zero-order valence-corrected chi connectivity index (χ0v) is 16.7. The van der Waals surface area contributed by atoms with Crippen molar-refractivity contribution < 1.29 is 1.37 Å². The number of halogens is 1. The molecule has 5 aromatic rings. The Morgan fingerprint density at radius 3 is 2.60 bits per heavy atom. The van der Waals surface area contributed by atoms with Gasteiger partial charge in [-0.05, 0) is 42.0 Å². The molecule has 0 unspecified atom stereocenters. The Morgan fingerprint density at radius 1 is 1.07 bits per heavy atom. The smallest absolute Gasteiger partial charge is 0.165 e. The summed E-state index contributed by atoms with van der Waals surface area (Å²) in [5.74, 6) is 1.42. The number of pyridine rings is 2. The summed E-state index contributed by atoms with van der Waals surface area (Å²) in [7, 11) is 1.67. The van der Waals surface area contributed by atoms with E-state index >= 15 is 0 Å². The highest BCUT2D eigenvalue weighted by molar-refractivity contribution is 6.17. The monoisotopic (exact) mass is 417 g/mol. The predicted molar refractivity (Wildman–Crippen MR) is 116 cm³/mol. The molecule has 30 heavy (non-hydrogen) atoms. The molecule has 9 heteroatoms. The molecular formula is C21H17ClN8. The van der Waals surface area contributed by atoms with Crippen molar-refractivity contribution in [3.63, 3.8) is 0 Å². The van der Waals surface area contributed by atoms with Crippen LogP contribution < -0.4 is 5.73 Å². The number of nitrogens with zero attached hydrogens (tertiary/aromatic N) is 7. The molecule has 8 nitrogen and oxygen atoms in total. The molecule has 148 valence electrons. The number of imidazole rings is 1. The lowest BCUT2D eigenvalue weighted by Crippen LogP contribution is -2.02. The van der Waals surface area contributed by atoms with Gasteiger partial charge in [0.15, 0.2) is 11.5 Å². The van der Waals surface area contributed by atoms with Crippen molar-refractivity contribution in [1.29, 1.82) is 0 Å². The maximum absolute atomic E-state index is 8.07. The molecule has 0 aliphatic carbocycles. The first-order valence-corrected chi connectivity index (χ1v) is 9.72. The van der Waals surface area contributed by atoms with Crippen LogP contribution in [0.15, 0.2) is 60.9 Å². The second-order valence-electron chi connectivity index (χ2n) is 6.70. The quantitative estimate of drug-likeness (QED) is 0.448. The fraction of sp³-hybridized carbons (Fsp3) is 0.0952. The van der Waals surface area contributed by atoms with Crippen LogP contribution in [0.1, 0.15) is 6.93 Å². The number of alkyl halides is 1. The Kier molecular flexibility index (Phi) is 4.13. The maximum Gasteiger partial charge on any atom is 0.165 e. The minimum Gasteiger partial charge on any atom is -0.383 e. The number of benzene rings is 1. The Balaban J connectivity index is 1.80. The van der Waals surface area contributed by atoms with Crippen molar-refractivity contribution >= 4 is 28.6 Å². The van der Waals surface area contributed by atoms with Crippen LogP contribution in [0.25, 0.3) is 39.6 Å². The van der Waals surface area contributed by atoms with E-state index in [4.69, 9.17) is 28.7 Å². The Hall–Kier alpha value is -3.78. The van der Waals surface area contributed by atoms with Crippen LogP contribution in [0, 0.1) is 0 Å². The summed E-state index contributed by atoms with van der Waals surface area (Å²) >= 11 is 5.96. The van der Waals surface area contributed by atoms with E-state index in [-0.39, 0.29) is 6.17 Å². The summed E-state index contributed by atoms with van der Waals surface area (Å²) in [6, 6.07) is 15.2. The minimum atomic E-state index is 0.0589. The summed E-state index contributed by atoms with van der Waals surface area (Å²) in [6.07, 6.45) is 1.70. The number of anilines is 1. The molecule has 2 N–H and O–H groups in total. The maximum atomic E-state index is 8.07. The molecule has 1 aromatic carbocycles. The highest BCUT2D eigenvalue weighted by atomic mass is 35.5.